The minimum absolute atomic E-state index is 0.00104. The third kappa shape index (κ3) is 12.1. The summed E-state index contributed by atoms with van der Waals surface area (Å²) in [6.45, 7) is 3.57. The van der Waals surface area contributed by atoms with E-state index in [9.17, 15) is 49.5 Å². The number of amides is 4. The summed E-state index contributed by atoms with van der Waals surface area (Å²) in [5, 5.41) is 62.6. The Morgan fingerprint density at radius 3 is 2.02 bits per heavy atom. The highest BCUT2D eigenvalue weighted by atomic mass is 16.5. The number of phenolic OH excluding ortho intramolecular Hbond substituents is 1. The van der Waals surface area contributed by atoms with Crippen LogP contribution in [0.3, 0.4) is 0 Å². The number of hydrogen-bond donors (Lipinski definition) is 10. The highest BCUT2D eigenvalue weighted by molar-refractivity contribution is 5.93. The molecule has 16 heteroatoms. The first-order valence-corrected chi connectivity index (χ1v) is 16.2. The van der Waals surface area contributed by atoms with Crippen LogP contribution >= 0.6 is 0 Å². The molecule has 3 rings (SSSR count). The Morgan fingerprint density at radius 2 is 1.40 bits per heavy atom. The maximum Gasteiger partial charge on any atom is 0.326 e. The first-order valence-electron chi connectivity index (χ1n) is 16.2. The number of aliphatic carboxylic acids is 1. The predicted octanol–water partition coefficient (Wildman–Crippen LogP) is -1.70. The molecule has 10 N–H and O–H groups in total. The quantitative estimate of drug-likeness (QED) is 0.0886. The standard InChI is InChI=1S/C34H47N5O11/c1-19(2)13-25(33(48)49)38-32(47)23(14-20-7-5-4-6-8-20)37-28(43)17-35-27(42)16-36-31(46)24(15-21-9-11-22(40)12-10-21)39-34(3)30(45)29(44)26(41)18-50-34/h4-12,19,23-26,29-30,39-41,44-45H,13-18H2,1-3H3,(H,35,42)(H,36,46)(H,37,43)(H,38,47)(H,48,49)/t23-,24-,25-,26+,29+,30-,34+/m0/s1. The van der Waals surface area contributed by atoms with Crippen molar-refractivity contribution in [3.8, 4) is 5.75 Å². The van der Waals surface area contributed by atoms with Crippen molar-refractivity contribution in [3.63, 3.8) is 0 Å². The number of carboxylic acid groups (broad SMARTS) is 1. The average molecular weight is 702 g/mol. The van der Waals surface area contributed by atoms with E-state index in [1.54, 1.807) is 42.5 Å². The molecule has 4 amide bonds. The molecule has 0 aliphatic carbocycles. The molecule has 0 bridgehead atoms. The van der Waals surface area contributed by atoms with Crippen molar-refractivity contribution >= 4 is 29.6 Å². The molecule has 0 saturated carbocycles. The fraction of sp³-hybridized carbons (Fsp3) is 0.500. The maximum absolute atomic E-state index is 13.3. The lowest BCUT2D eigenvalue weighted by Gasteiger charge is -2.45. The molecular weight excluding hydrogens is 654 g/mol. The molecule has 0 radical (unpaired) electrons. The zero-order valence-electron chi connectivity index (χ0n) is 28.2. The topological polar surface area (TPSA) is 256 Å². The first kappa shape index (κ1) is 39.8. The summed E-state index contributed by atoms with van der Waals surface area (Å²) < 4.78 is 5.55. The fourth-order valence-corrected chi connectivity index (χ4v) is 5.33. The van der Waals surface area contributed by atoms with Crippen molar-refractivity contribution in [2.45, 2.75) is 82.2 Å². The number of carbonyl (C=O) groups is 5. The van der Waals surface area contributed by atoms with Crippen LogP contribution in [0.25, 0.3) is 0 Å². The summed E-state index contributed by atoms with van der Waals surface area (Å²) in [5.41, 5.74) is -0.365. The van der Waals surface area contributed by atoms with Crippen LogP contribution in [0.2, 0.25) is 0 Å². The third-order valence-electron chi connectivity index (χ3n) is 8.11. The van der Waals surface area contributed by atoms with Gasteiger partial charge >= 0.3 is 5.97 Å². The number of aromatic hydroxyl groups is 1. The number of aliphatic hydroxyl groups excluding tert-OH is 3. The SMILES string of the molecule is CC(C)C[C@H](NC(=O)[C@H](Cc1ccccc1)NC(=O)CNC(=O)CNC(=O)[C@H](Cc1ccc(O)cc1)N[C@]1(C)OC[C@@H](O)[C@@H](O)[C@@H]1O)C(=O)O. The second-order valence-electron chi connectivity index (χ2n) is 12.8. The second-order valence-corrected chi connectivity index (χ2v) is 12.8. The van der Waals surface area contributed by atoms with Crippen molar-refractivity contribution < 1.29 is 54.2 Å². The summed E-state index contributed by atoms with van der Waals surface area (Å²) in [4.78, 5) is 63.7. The Balaban J connectivity index is 1.61. The predicted molar refractivity (Wildman–Crippen MR) is 178 cm³/mol. The van der Waals surface area contributed by atoms with E-state index < -0.39 is 84.8 Å². The average Bonchev–Trinajstić information content (AvgIpc) is 3.07. The lowest BCUT2D eigenvalue weighted by Crippen LogP contribution is -2.69. The number of rotatable bonds is 17. The molecule has 1 fully saturated rings. The molecule has 7 atom stereocenters. The van der Waals surface area contributed by atoms with E-state index in [1.165, 1.54) is 19.1 Å². The van der Waals surface area contributed by atoms with Crippen LogP contribution in [0.4, 0.5) is 0 Å². The molecule has 50 heavy (non-hydrogen) atoms. The van der Waals surface area contributed by atoms with Gasteiger partial charge in [-0.1, -0.05) is 56.3 Å². The van der Waals surface area contributed by atoms with Crippen molar-refractivity contribution in [2.24, 2.45) is 5.92 Å². The van der Waals surface area contributed by atoms with Gasteiger partial charge in [0.15, 0.2) is 0 Å². The Morgan fingerprint density at radius 1 is 0.800 bits per heavy atom. The Kier molecular flexibility index (Phi) is 14.7. The van der Waals surface area contributed by atoms with Crippen LogP contribution in [0, 0.1) is 5.92 Å². The van der Waals surface area contributed by atoms with E-state index in [4.69, 9.17) is 4.74 Å². The maximum atomic E-state index is 13.3. The molecular formula is C34H47N5O11. The number of benzene rings is 2. The third-order valence-corrected chi connectivity index (χ3v) is 8.11. The molecule has 0 unspecified atom stereocenters. The van der Waals surface area contributed by atoms with Gasteiger partial charge in [0, 0.05) is 6.42 Å². The molecule has 0 spiro atoms. The zero-order chi connectivity index (χ0) is 37.0. The van der Waals surface area contributed by atoms with Gasteiger partial charge in [0.05, 0.1) is 25.7 Å². The largest absolute Gasteiger partial charge is 0.508 e. The highest BCUT2D eigenvalue weighted by Gasteiger charge is 2.48. The Labute approximate surface area is 289 Å². The normalized spacial score (nSPS) is 22.1. The van der Waals surface area contributed by atoms with E-state index in [0.717, 1.165) is 0 Å². The van der Waals surface area contributed by atoms with Crippen molar-refractivity contribution in [2.75, 3.05) is 19.7 Å². The van der Waals surface area contributed by atoms with E-state index in [0.29, 0.717) is 11.1 Å². The van der Waals surface area contributed by atoms with Gasteiger partial charge in [-0.3, -0.25) is 24.5 Å². The van der Waals surface area contributed by atoms with Gasteiger partial charge in [-0.25, -0.2) is 4.79 Å². The summed E-state index contributed by atoms with van der Waals surface area (Å²) >= 11 is 0. The smallest absolute Gasteiger partial charge is 0.326 e. The first-order chi connectivity index (χ1) is 23.6. The Bertz CT molecular complexity index is 1460. The minimum atomic E-state index is -1.67. The van der Waals surface area contributed by atoms with Crippen LogP contribution < -0.4 is 26.6 Å². The number of ether oxygens (including phenoxy) is 1. The summed E-state index contributed by atoms with van der Waals surface area (Å²) in [6, 6.07) is 11.3. The van der Waals surface area contributed by atoms with Crippen LogP contribution in [-0.4, -0.2) is 117 Å². The Hall–Kier alpha value is -4.61. The molecule has 274 valence electrons. The van der Waals surface area contributed by atoms with Crippen LogP contribution in [0.15, 0.2) is 54.6 Å². The number of aliphatic hydroxyl groups is 3. The van der Waals surface area contributed by atoms with E-state index >= 15 is 0 Å². The molecule has 1 aliphatic heterocycles. The van der Waals surface area contributed by atoms with Gasteiger partial charge in [0.1, 0.15) is 41.9 Å². The number of carbonyl (C=O) groups excluding carboxylic acids is 4. The summed E-state index contributed by atoms with van der Waals surface area (Å²) in [5.74, 6) is -4.12. The second kappa shape index (κ2) is 18.4. The van der Waals surface area contributed by atoms with E-state index in [2.05, 4.69) is 26.6 Å². The zero-order valence-corrected chi connectivity index (χ0v) is 28.2. The molecule has 1 heterocycles. The van der Waals surface area contributed by atoms with Gasteiger partial charge < -0.3 is 51.5 Å². The van der Waals surface area contributed by atoms with Crippen LogP contribution in [0.5, 0.6) is 5.75 Å². The van der Waals surface area contributed by atoms with Crippen molar-refractivity contribution in [1.29, 1.82) is 0 Å². The molecule has 1 saturated heterocycles. The number of carboxylic acids is 1. The fourth-order valence-electron chi connectivity index (χ4n) is 5.33. The van der Waals surface area contributed by atoms with Gasteiger partial charge in [0.25, 0.3) is 0 Å². The number of hydrogen-bond acceptors (Lipinski definition) is 11. The molecule has 2 aromatic carbocycles. The summed E-state index contributed by atoms with van der Waals surface area (Å²) in [6.07, 6.45) is -4.30. The number of phenols is 1. The van der Waals surface area contributed by atoms with Gasteiger partial charge in [-0.2, -0.15) is 0 Å². The molecule has 16 nitrogen and oxygen atoms in total. The minimum Gasteiger partial charge on any atom is -0.508 e. The summed E-state index contributed by atoms with van der Waals surface area (Å²) in [7, 11) is 0. The lowest BCUT2D eigenvalue weighted by molar-refractivity contribution is -0.243. The molecule has 1 aliphatic rings. The highest BCUT2D eigenvalue weighted by Crippen LogP contribution is 2.25. The van der Waals surface area contributed by atoms with Crippen LogP contribution in [0.1, 0.15) is 38.3 Å². The monoisotopic (exact) mass is 701 g/mol. The molecule has 2 aromatic rings. The van der Waals surface area contributed by atoms with E-state index in [1.807, 2.05) is 13.8 Å². The van der Waals surface area contributed by atoms with E-state index in [-0.39, 0.29) is 37.5 Å². The van der Waals surface area contributed by atoms with Gasteiger partial charge in [0.2, 0.25) is 23.6 Å². The van der Waals surface area contributed by atoms with Gasteiger partial charge in [-0.15, -0.1) is 0 Å². The molecule has 0 aromatic heterocycles. The van der Waals surface area contributed by atoms with Crippen molar-refractivity contribution in [3.05, 3.63) is 65.7 Å². The lowest BCUT2D eigenvalue weighted by atomic mass is 9.94. The number of nitrogens with one attached hydrogen (secondary N) is 5. The van der Waals surface area contributed by atoms with Gasteiger partial charge in [-0.05, 0) is 48.9 Å². The van der Waals surface area contributed by atoms with Crippen LogP contribution in [-0.2, 0) is 41.6 Å². The van der Waals surface area contributed by atoms with Crippen molar-refractivity contribution in [1.82, 2.24) is 26.6 Å².